The van der Waals surface area contributed by atoms with Gasteiger partial charge in [-0.05, 0) is 38.4 Å². The lowest BCUT2D eigenvalue weighted by Crippen LogP contribution is -2.38. The van der Waals surface area contributed by atoms with Crippen molar-refractivity contribution in [3.8, 4) is 0 Å². The molecule has 1 aromatic rings. The molecule has 2 fully saturated rings. The molecule has 0 N–H and O–H groups in total. The molecule has 1 heterocycles. The van der Waals surface area contributed by atoms with E-state index in [9.17, 15) is 4.79 Å². The van der Waals surface area contributed by atoms with E-state index < -0.39 is 0 Å². The minimum Gasteiger partial charge on any atom is -0.305 e. The van der Waals surface area contributed by atoms with E-state index in [1.807, 2.05) is 6.07 Å². The van der Waals surface area contributed by atoms with Crippen LogP contribution in [0.3, 0.4) is 0 Å². The van der Waals surface area contributed by atoms with Gasteiger partial charge in [0.2, 0.25) is 0 Å². The second-order valence-electron chi connectivity index (χ2n) is 6.33. The Morgan fingerprint density at radius 2 is 1.83 bits per heavy atom. The Kier molecular flexibility index (Phi) is 2.60. The first-order valence-electron chi connectivity index (χ1n) is 6.86. The van der Waals surface area contributed by atoms with Crippen molar-refractivity contribution in [2.75, 3.05) is 20.1 Å². The average Bonchev–Trinajstić information content (AvgIpc) is 2.56. The highest BCUT2D eigenvalue weighted by Gasteiger charge is 2.56. The molecule has 2 atom stereocenters. The molecule has 2 nitrogen and oxygen atoms in total. The molecular weight excluding hydrogens is 222 g/mol. The van der Waals surface area contributed by atoms with Gasteiger partial charge < -0.3 is 4.90 Å². The maximum absolute atomic E-state index is 13.0. The number of nitrogens with zero attached hydrogens (tertiary/aromatic N) is 1. The van der Waals surface area contributed by atoms with Crippen LogP contribution in [0.15, 0.2) is 30.3 Å². The zero-order valence-corrected chi connectivity index (χ0v) is 11.3. The molecular formula is C16H21NO. The Labute approximate surface area is 109 Å². The van der Waals surface area contributed by atoms with Gasteiger partial charge in [-0.25, -0.2) is 0 Å². The summed E-state index contributed by atoms with van der Waals surface area (Å²) in [6.45, 7) is 4.10. The molecule has 2 aliphatic rings. The molecule has 1 aliphatic heterocycles. The first kappa shape index (κ1) is 11.9. The van der Waals surface area contributed by atoms with Gasteiger partial charge in [0.1, 0.15) is 0 Å². The molecule has 96 valence electrons. The number of likely N-dealkylation sites (tertiary alicyclic amines) is 1. The molecule has 0 radical (unpaired) electrons. The fraction of sp³-hybridized carbons (Fsp3) is 0.562. The van der Waals surface area contributed by atoms with Crippen LogP contribution in [0.2, 0.25) is 0 Å². The van der Waals surface area contributed by atoms with Crippen LogP contribution < -0.4 is 0 Å². The van der Waals surface area contributed by atoms with E-state index in [1.54, 1.807) is 0 Å². The van der Waals surface area contributed by atoms with Gasteiger partial charge in [0.25, 0.3) is 0 Å². The molecule has 3 rings (SSSR count). The van der Waals surface area contributed by atoms with E-state index in [-0.39, 0.29) is 10.8 Å². The monoisotopic (exact) mass is 243 g/mol. The normalized spacial score (nSPS) is 36.7. The Morgan fingerprint density at radius 1 is 1.11 bits per heavy atom. The van der Waals surface area contributed by atoms with E-state index in [0.717, 1.165) is 32.4 Å². The number of benzene rings is 1. The number of hydrogen-bond donors (Lipinski definition) is 0. The molecule has 0 aromatic heterocycles. The number of carbonyl (C=O) groups excluding carboxylic acids is 1. The molecule has 1 aliphatic carbocycles. The minimum absolute atomic E-state index is 0.138. The Bertz CT molecular complexity index is 469. The minimum atomic E-state index is -0.208. The molecule has 1 saturated heterocycles. The van der Waals surface area contributed by atoms with Crippen molar-refractivity contribution in [3.05, 3.63) is 35.9 Å². The summed E-state index contributed by atoms with van der Waals surface area (Å²) in [5.41, 5.74) is 0.885. The Balaban J connectivity index is 2.08. The molecule has 1 aromatic carbocycles. The van der Waals surface area contributed by atoms with Gasteiger partial charge in [-0.2, -0.15) is 0 Å². The molecule has 1 saturated carbocycles. The van der Waals surface area contributed by atoms with Gasteiger partial charge >= 0.3 is 0 Å². The van der Waals surface area contributed by atoms with Crippen molar-refractivity contribution in [2.24, 2.45) is 5.41 Å². The third kappa shape index (κ3) is 1.55. The van der Waals surface area contributed by atoms with Crippen LogP contribution >= 0.6 is 0 Å². The Hall–Kier alpha value is -1.15. The number of hydrogen-bond acceptors (Lipinski definition) is 2. The van der Waals surface area contributed by atoms with Crippen molar-refractivity contribution in [2.45, 2.75) is 31.6 Å². The Morgan fingerprint density at radius 3 is 2.56 bits per heavy atom. The van der Waals surface area contributed by atoms with Gasteiger partial charge in [0, 0.05) is 12.0 Å². The van der Waals surface area contributed by atoms with Crippen LogP contribution in [0.5, 0.6) is 0 Å². The second kappa shape index (κ2) is 3.92. The molecule has 2 heteroatoms. The summed E-state index contributed by atoms with van der Waals surface area (Å²) >= 11 is 0. The number of rotatable bonds is 1. The molecule has 0 amide bonds. The molecule has 0 spiro atoms. The highest BCUT2D eigenvalue weighted by atomic mass is 16.1. The van der Waals surface area contributed by atoms with Crippen molar-refractivity contribution in [3.63, 3.8) is 0 Å². The average molecular weight is 243 g/mol. The van der Waals surface area contributed by atoms with Crippen LogP contribution in [0.1, 0.15) is 31.7 Å². The topological polar surface area (TPSA) is 20.3 Å². The summed E-state index contributed by atoms with van der Waals surface area (Å²) in [5, 5.41) is 0. The van der Waals surface area contributed by atoms with Crippen LogP contribution in [-0.2, 0) is 10.2 Å². The van der Waals surface area contributed by atoms with Gasteiger partial charge in [-0.3, -0.25) is 4.79 Å². The van der Waals surface area contributed by atoms with E-state index in [1.165, 1.54) is 5.56 Å². The van der Waals surface area contributed by atoms with Crippen LogP contribution in [0, 0.1) is 5.41 Å². The lowest BCUT2D eigenvalue weighted by atomic mass is 9.73. The fourth-order valence-electron chi connectivity index (χ4n) is 3.92. The molecule has 18 heavy (non-hydrogen) atoms. The summed E-state index contributed by atoms with van der Waals surface area (Å²) in [5.74, 6) is 0.477. The van der Waals surface area contributed by atoms with E-state index in [2.05, 4.69) is 43.1 Å². The first-order chi connectivity index (χ1) is 8.57. The first-order valence-corrected chi connectivity index (χ1v) is 6.86. The van der Waals surface area contributed by atoms with Crippen LogP contribution in [-0.4, -0.2) is 30.8 Å². The number of ketones is 1. The summed E-state index contributed by atoms with van der Waals surface area (Å²) in [7, 11) is 2.14. The summed E-state index contributed by atoms with van der Waals surface area (Å²) in [4.78, 5) is 15.3. The largest absolute Gasteiger partial charge is 0.305 e. The smallest absolute Gasteiger partial charge is 0.150 e. The summed E-state index contributed by atoms with van der Waals surface area (Å²) in [6, 6.07) is 10.4. The quantitative estimate of drug-likeness (QED) is 0.755. The standard InChI is InChI=1S/C16H21NO/c1-15-8-9-16(14(15)18,10-11-17(2)12-15)13-6-4-3-5-7-13/h3-7H,8-12H2,1-2H3. The van der Waals surface area contributed by atoms with Crippen molar-refractivity contribution < 1.29 is 4.79 Å². The maximum atomic E-state index is 13.0. The van der Waals surface area contributed by atoms with Gasteiger partial charge in [-0.15, -0.1) is 0 Å². The SMILES string of the molecule is CN1CCC2(c3ccccc3)CCC(C)(C1)C2=O. The zero-order valence-electron chi connectivity index (χ0n) is 11.3. The second-order valence-corrected chi connectivity index (χ2v) is 6.33. The third-order valence-corrected chi connectivity index (χ3v) is 4.95. The lowest BCUT2D eigenvalue weighted by molar-refractivity contribution is -0.129. The molecule has 2 bridgehead atoms. The van der Waals surface area contributed by atoms with Crippen molar-refractivity contribution >= 4 is 5.78 Å². The zero-order chi connectivity index (χ0) is 12.8. The number of carbonyl (C=O) groups is 1. The van der Waals surface area contributed by atoms with Gasteiger partial charge in [0.05, 0.1) is 5.41 Å². The number of fused-ring (bicyclic) bond motifs is 2. The van der Waals surface area contributed by atoms with Gasteiger partial charge in [-0.1, -0.05) is 37.3 Å². The van der Waals surface area contributed by atoms with E-state index in [4.69, 9.17) is 0 Å². The molecule has 2 unspecified atom stereocenters. The predicted octanol–water partition coefficient (Wildman–Crippen LogP) is 2.63. The highest BCUT2D eigenvalue weighted by molar-refractivity contribution is 5.97. The fourth-order valence-corrected chi connectivity index (χ4v) is 3.92. The highest BCUT2D eigenvalue weighted by Crippen LogP contribution is 2.51. The maximum Gasteiger partial charge on any atom is 0.150 e. The lowest BCUT2D eigenvalue weighted by Gasteiger charge is -2.28. The number of Topliss-reactive ketones (excluding diaryl/α,β-unsaturated/α-hetero) is 1. The van der Waals surface area contributed by atoms with Crippen molar-refractivity contribution in [1.82, 2.24) is 4.90 Å². The third-order valence-electron chi connectivity index (χ3n) is 4.95. The summed E-state index contributed by atoms with van der Waals surface area (Å²) < 4.78 is 0. The summed E-state index contributed by atoms with van der Waals surface area (Å²) in [6.07, 6.45) is 3.03. The van der Waals surface area contributed by atoms with E-state index in [0.29, 0.717) is 5.78 Å². The van der Waals surface area contributed by atoms with E-state index >= 15 is 0 Å². The predicted molar refractivity (Wildman–Crippen MR) is 72.6 cm³/mol. The van der Waals surface area contributed by atoms with Crippen LogP contribution in [0.25, 0.3) is 0 Å². The van der Waals surface area contributed by atoms with Crippen molar-refractivity contribution in [1.29, 1.82) is 0 Å². The van der Waals surface area contributed by atoms with Gasteiger partial charge in [0.15, 0.2) is 5.78 Å². The van der Waals surface area contributed by atoms with Crippen LogP contribution in [0.4, 0.5) is 0 Å².